The molecule has 1 heterocycles. The molecule has 1 fully saturated rings. The number of aliphatic hydroxyl groups is 1. The van der Waals surface area contributed by atoms with Crippen LogP contribution in [0, 0.1) is 5.92 Å². The summed E-state index contributed by atoms with van der Waals surface area (Å²) in [4.78, 5) is 8.29. The SMILES string of the molecule is Nc1ncc(Oc2ccc(Cl)cc2)c(N[C@H]2CCC[C@@H](CO)C2)n1. The monoisotopic (exact) mass is 348 g/mol. The minimum atomic E-state index is 0.190. The average molecular weight is 349 g/mol. The van der Waals surface area contributed by atoms with Crippen molar-refractivity contribution in [3.05, 3.63) is 35.5 Å². The Morgan fingerprint density at radius 2 is 2.08 bits per heavy atom. The van der Waals surface area contributed by atoms with Gasteiger partial charge in [-0.25, -0.2) is 4.98 Å². The molecule has 2 aromatic rings. The molecule has 0 saturated heterocycles. The molecule has 128 valence electrons. The van der Waals surface area contributed by atoms with Crippen LogP contribution in [0.1, 0.15) is 25.7 Å². The van der Waals surface area contributed by atoms with Crippen LogP contribution in [-0.4, -0.2) is 27.7 Å². The zero-order chi connectivity index (χ0) is 16.9. The molecule has 1 aliphatic carbocycles. The van der Waals surface area contributed by atoms with E-state index in [1.54, 1.807) is 30.5 Å². The predicted octanol–water partition coefficient (Wildman–Crippen LogP) is 3.47. The Morgan fingerprint density at radius 1 is 1.29 bits per heavy atom. The van der Waals surface area contributed by atoms with Gasteiger partial charge in [-0.2, -0.15) is 4.98 Å². The Labute approximate surface area is 146 Å². The molecule has 3 rings (SSSR count). The van der Waals surface area contributed by atoms with Crippen LogP contribution in [0.25, 0.3) is 0 Å². The molecule has 2 atom stereocenters. The number of nitrogens with two attached hydrogens (primary N) is 1. The second-order valence-electron chi connectivity index (χ2n) is 6.05. The van der Waals surface area contributed by atoms with Gasteiger partial charge < -0.3 is 20.9 Å². The second kappa shape index (κ2) is 7.68. The van der Waals surface area contributed by atoms with Crippen molar-refractivity contribution in [3.8, 4) is 11.5 Å². The Kier molecular flexibility index (Phi) is 5.37. The lowest BCUT2D eigenvalue weighted by molar-refractivity contribution is 0.184. The molecule has 1 aromatic heterocycles. The minimum Gasteiger partial charge on any atom is -0.452 e. The first-order valence-corrected chi connectivity index (χ1v) is 8.45. The number of nitrogen functional groups attached to an aromatic ring is 1. The van der Waals surface area contributed by atoms with Crippen molar-refractivity contribution in [1.82, 2.24) is 9.97 Å². The maximum atomic E-state index is 9.38. The highest BCUT2D eigenvalue weighted by molar-refractivity contribution is 6.30. The van der Waals surface area contributed by atoms with Gasteiger partial charge in [-0.3, -0.25) is 0 Å². The highest BCUT2D eigenvalue weighted by atomic mass is 35.5. The van der Waals surface area contributed by atoms with E-state index in [4.69, 9.17) is 22.1 Å². The first kappa shape index (κ1) is 16.8. The average Bonchev–Trinajstić information content (AvgIpc) is 2.59. The number of nitrogens with one attached hydrogen (secondary N) is 1. The molecule has 0 amide bonds. The Balaban J connectivity index is 1.76. The first-order valence-electron chi connectivity index (χ1n) is 8.07. The summed E-state index contributed by atoms with van der Waals surface area (Å²) in [5, 5.41) is 13.4. The van der Waals surface area contributed by atoms with Crippen molar-refractivity contribution in [2.24, 2.45) is 5.92 Å². The molecule has 24 heavy (non-hydrogen) atoms. The summed E-state index contributed by atoms with van der Waals surface area (Å²) < 4.78 is 5.86. The molecule has 7 heteroatoms. The molecule has 0 radical (unpaired) electrons. The number of halogens is 1. The molecule has 0 aliphatic heterocycles. The Bertz CT molecular complexity index is 681. The molecule has 1 aliphatic rings. The summed E-state index contributed by atoms with van der Waals surface area (Å²) in [5.41, 5.74) is 5.72. The second-order valence-corrected chi connectivity index (χ2v) is 6.49. The van der Waals surface area contributed by atoms with Gasteiger partial charge in [0.15, 0.2) is 11.6 Å². The van der Waals surface area contributed by atoms with Crippen molar-refractivity contribution in [2.45, 2.75) is 31.7 Å². The summed E-state index contributed by atoms with van der Waals surface area (Å²) in [7, 11) is 0. The van der Waals surface area contributed by atoms with Crippen LogP contribution < -0.4 is 15.8 Å². The summed E-state index contributed by atoms with van der Waals surface area (Å²) >= 11 is 5.89. The van der Waals surface area contributed by atoms with Gasteiger partial charge in [0.05, 0.1) is 6.20 Å². The fourth-order valence-electron chi connectivity index (χ4n) is 2.97. The number of ether oxygens (including phenoxy) is 1. The normalized spacial score (nSPS) is 20.6. The van der Waals surface area contributed by atoms with Gasteiger partial charge in [-0.05, 0) is 49.4 Å². The quantitative estimate of drug-likeness (QED) is 0.766. The van der Waals surface area contributed by atoms with Gasteiger partial charge in [0, 0.05) is 17.7 Å². The highest BCUT2D eigenvalue weighted by Crippen LogP contribution is 2.32. The zero-order valence-electron chi connectivity index (χ0n) is 13.3. The molecule has 4 N–H and O–H groups in total. The van der Waals surface area contributed by atoms with Gasteiger partial charge >= 0.3 is 0 Å². The van der Waals surface area contributed by atoms with E-state index >= 15 is 0 Å². The van der Waals surface area contributed by atoms with Gasteiger partial charge in [0.2, 0.25) is 5.95 Å². The molecule has 0 bridgehead atoms. The predicted molar refractivity (Wildman–Crippen MR) is 94.4 cm³/mol. The number of rotatable bonds is 5. The number of hydrogen-bond donors (Lipinski definition) is 3. The third-order valence-corrected chi connectivity index (χ3v) is 4.45. The fourth-order valence-corrected chi connectivity index (χ4v) is 3.10. The Hall–Kier alpha value is -2.05. The summed E-state index contributed by atoms with van der Waals surface area (Å²) in [6, 6.07) is 7.32. The summed E-state index contributed by atoms with van der Waals surface area (Å²) in [6.07, 6.45) is 5.64. The summed E-state index contributed by atoms with van der Waals surface area (Å²) in [5.74, 6) is 2.25. The fraction of sp³-hybridized carbons (Fsp3) is 0.412. The zero-order valence-corrected chi connectivity index (χ0v) is 14.0. The Morgan fingerprint density at radius 3 is 2.83 bits per heavy atom. The van der Waals surface area contributed by atoms with Crippen LogP contribution in [0.15, 0.2) is 30.5 Å². The molecule has 0 unspecified atom stereocenters. The topological polar surface area (TPSA) is 93.3 Å². The van der Waals surface area contributed by atoms with Crippen LogP contribution in [0.2, 0.25) is 5.02 Å². The lowest BCUT2D eigenvalue weighted by atomic mass is 9.86. The van der Waals surface area contributed by atoms with Crippen LogP contribution in [-0.2, 0) is 0 Å². The van der Waals surface area contributed by atoms with Gasteiger partial charge in [-0.15, -0.1) is 0 Å². The van der Waals surface area contributed by atoms with Crippen molar-refractivity contribution < 1.29 is 9.84 Å². The van der Waals surface area contributed by atoms with E-state index in [2.05, 4.69) is 15.3 Å². The molecule has 6 nitrogen and oxygen atoms in total. The van der Waals surface area contributed by atoms with E-state index < -0.39 is 0 Å². The summed E-state index contributed by atoms with van der Waals surface area (Å²) in [6.45, 7) is 0.220. The number of aliphatic hydroxyl groups excluding tert-OH is 1. The van der Waals surface area contributed by atoms with Crippen molar-refractivity contribution in [3.63, 3.8) is 0 Å². The molecule has 1 aromatic carbocycles. The van der Waals surface area contributed by atoms with E-state index in [0.29, 0.717) is 28.3 Å². The minimum absolute atomic E-state index is 0.190. The van der Waals surface area contributed by atoms with Gasteiger partial charge in [-0.1, -0.05) is 18.0 Å². The molecule has 1 saturated carbocycles. The van der Waals surface area contributed by atoms with Crippen LogP contribution >= 0.6 is 11.6 Å². The first-order chi connectivity index (χ1) is 11.6. The van der Waals surface area contributed by atoms with Crippen molar-refractivity contribution in [1.29, 1.82) is 0 Å². The maximum Gasteiger partial charge on any atom is 0.222 e. The number of anilines is 2. The lowest BCUT2D eigenvalue weighted by Gasteiger charge is -2.29. The molecule has 0 spiro atoms. The van der Waals surface area contributed by atoms with E-state index in [1.807, 2.05) is 0 Å². The third kappa shape index (κ3) is 4.27. The number of benzene rings is 1. The lowest BCUT2D eigenvalue weighted by Crippen LogP contribution is -2.29. The highest BCUT2D eigenvalue weighted by Gasteiger charge is 2.23. The maximum absolute atomic E-state index is 9.38. The van der Waals surface area contributed by atoms with E-state index in [9.17, 15) is 5.11 Å². The number of aromatic nitrogens is 2. The van der Waals surface area contributed by atoms with Crippen LogP contribution in [0.5, 0.6) is 11.5 Å². The van der Waals surface area contributed by atoms with Gasteiger partial charge in [0.25, 0.3) is 0 Å². The van der Waals surface area contributed by atoms with E-state index in [1.165, 1.54) is 0 Å². The number of hydrogen-bond acceptors (Lipinski definition) is 6. The molecular weight excluding hydrogens is 328 g/mol. The smallest absolute Gasteiger partial charge is 0.222 e. The van der Waals surface area contributed by atoms with Crippen LogP contribution in [0.4, 0.5) is 11.8 Å². The van der Waals surface area contributed by atoms with Crippen molar-refractivity contribution in [2.75, 3.05) is 17.7 Å². The molecular formula is C17H21ClN4O2. The number of nitrogens with zero attached hydrogens (tertiary/aromatic N) is 2. The largest absolute Gasteiger partial charge is 0.452 e. The third-order valence-electron chi connectivity index (χ3n) is 4.20. The van der Waals surface area contributed by atoms with E-state index in [-0.39, 0.29) is 18.6 Å². The van der Waals surface area contributed by atoms with Crippen molar-refractivity contribution >= 4 is 23.4 Å². The van der Waals surface area contributed by atoms with Crippen LogP contribution in [0.3, 0.4) is 0 Å². The van der Waals surface area contributed by atoms with Gasteiger partial charge in [0.1, 0.15) is 5.75 Å². The van der Waals surface area contributed by atoms with E-state index in [0.717, 1.165) is 25.7 Å². The standard InChI is InChI=1S/C17H21ClN4O2/c18-12-4-6-14(7-5-12)24-15-9-20-17(19)22-16(15)21-13-3-1-2-11(8-13)10-23/h4-7,9,11,13,23H,1-3,8,10H2,(H3,19,20,21,22)/t11-,13+/m1/s1.